The second-order valence-electron chi connectivity index (χ2n) is 5.20. The smallest absolute Gasteiger partial charge is 0.0618 e. The Hall–Kier alpha value is -0.900. The minimum atomic E-state index is 0.213. The Kier molecular flexibility index (Phi) is 5.17. The fraction of sp³-hybridized carbons (Fsp3) is 0.600. The number of methoxy groups -OCH3 is 1. The van der Waals surface area contributed by atoms with E-state index in [2.05, 4.69) is 29.2 Å². The first kappa shape index (κ1) is 13.5. The zero-order valence-electron chi connectivity index (χ0n) is 11.2. The molecule has 0 saturated carbocycles. The van der Waals surface area contributed by atoms with E-state index in [1.165, 1.54) is 18.4 Å². The number of rotatable bonds is 6. The van der Waals surface area contributed by atoms with Crippen LogP contribution in [0.2, 0.25) is 0 Å². The fourth-order valence-corrected chi connectivity index (χ4v) is 2.80. The lowest BCUT2D eigenvalue weighted by atomic mass is 10.1. The van der Waals surface area contributed by atoms with Crippen LogP contribution in [0.3, 0.4) is 0 Å². The number of hydrogen-bond acceptors (Lipinski definition) is 3. The average Bonchev–Trinajstić information content (AvgIpc) is 2.78. The van der Waals surface area contributed by atoms with Crippen LogP contribution in [0.15, 0.2) is 30.3 Å². The summed E-state index contributed by atoms with van der Waals surface area (Å²) in [5.74, 6) is 0. The maximum atomic E-state index is 6.26. The summed E-state index contributed by atoms with van der Waals surface area (Å²) in [6, 6.07) is 11.3. The molecule has 1 aliphatic heterocycles. The average molecular weight is 248 g/mol. The third-order valence-corrected chi connectivity index (χ3v) is 3.67. The predicted octanol–water partition coefficient (Wildman–Crippen LogP) is 1.67. The molecule has 0 radical (unpaired) electrons. The van der Waals surface area contributed by atoms with Crippen molar-refractivity contribution >= 4 is 0 Å². The summed E-state index contributed by atoms with van der Waals surface area (Å²) in [6.45, 7) is 2.97. The molecule has 2 N–H and O–H groups in total. The summed E-state index contributed by atoms with van der Waals surface area (Å²) in [5, 5.41) is 0. The molecule has 3 nitrogen and oxygen atoms in total. The quantitative estimate of drug-likeness (QED) is 0.832. The SMILES string of the molecule is COC[C@@H]1CCCN1C[C@H](N)Cc1ccccc1. The Morgan fingerprint density at radius 1 is 1.39 bits per heavy atom. The number of benzene rings is 1. The highest BCUT2D eigenvalue weighted by atomic mass is 16.5. The van der Waals surface area contributed by atoms with E-state index in [1.807, 2.05) is 6.07 Å². The first-order valence-corrected chi connectivity index (χ1v) is 6.82. The van der Waals surface area contributed by atoms with Crippen molar-refractivity contribution < 1.29 is 4.74 Å². The van der Waals surface area contributed by atoms with Crippen molar-refractivity contribution in [3.63, 3.8) is 0 Å². The Morgan fingerprint density at radius 2 is 2.17 bits per heavy atom. The molecule has 0 spiro atoms. The Morgan fingerprint density at radius 3 is 2.89 bits per heavy atom. The second kappa shape index (κ2) is 6.88. The summed E-state index contributed by atoms with van der Waals surface area (Å²) in [5.41, 5.74) is 7.59. The summed E-state index contributed by atoms with van der Waals surface area (Å²) in [4.78, 5) is 2.48. The van der Waals surface area contributed by atoms with Gasteiger partial charge in [-0.1, -0.05) is 30.3 Å². The van der Waals surface area contributed by atoms with Gasteiger partial charge in [0.15, 0.2) is 0 Å². The first-order chi connectivity index (χ1) is 8.79. The van der Waals surface area contributed by atoms with Crippen molar-refractivity contribution in [3.8, 4) is 0 Å². The van der Waals surface area contributed by atoms with Crippen LogP contribution in [-0.4, -0.2) is 43.8 Å². The molecule has 0 bridgehead atoms. The first-order valence-electron chi connectivity index (χ1n) is 6.82. The number of hydrogen-bond donors (Lipinski definition) is 1. The molecule has 1 aromatic carbocycles. The molecule has 0 amide bonds. The Bertz CT molecular complexity index is 342. The van der Waals surface area contributed by atoms with E-state index in [4.69, 9.17) is 10.5 Å². The van der Waals surface area contributed by atoms with Gasteiger partial charge < -0.3 is 10.5 Å². The molecule has 1 heterocycles. The zero-order valence-corrected chi connectivity index (χ0v) is 11.2. The molecule has 18 heavy (non-hydrogen) atoms. The normalized spacial score (nSPS) is 22.2. The van der Waals surface area contributed by atoms with Gasteiger partial charge in [0, 0.05) is 25.7 Å². The van der Waals surface area contributed by atoms with E-state index < -0.39 is 0 Å². The highest BCUT2D eigenvalue weighted by Crippen LogP contribution is 2.17. The Labute approximate surface area is 110 Å². The highest BCUT2D eigenvalue weighted by Gasteiger charge is 2.25. The van der Waals surface area contributed by atoms with Gasteiger partial charge in [-0.2, -0.15) is 0 Å². The van der Waals surface area contributed by atoms with Gasteiger partial charge in [0.05, 0.1) is 6.61 Å². The van der Waals surface area contributed by atoms with Gasteiger partial charge in [-0.25, -0.2) is 0 Å². The van der Waals surface area contributed by atoms with Crippen LogP contribution >= 0.6 is 0 Å². The van der Waals surface area contributed by atoms with E-state index in [0.717, 1.165) is 26.1 Å². The number of nitrogens with zero attached hydrogens (tertiary/aromatic N) is 1. The maximum Gasteiger partial charge on any atom is 0.0618 e. The lowest BCUT2D eigenvalue weighted by Crippen LogP contribution is -2.42. The third kappa shape index (κ3) is 3.80. The van der Waals surface area contributed by atoms with Crippen LogP contribution in [0.4, 0.5) is 0 Å². The van der Waals surface area contributed by atoms with Gasteiger partial charge in [0.1, 0.15) is 0 Å². The predicted molar refractivity (Wildman–Crippen MR) is 74.6 cm³/mol. The minimum Gasteiger partial charge on any atom is -0.383 e. The van der Waals surface area contributed by atoms with Crippen molar-refractivity contribution in [1.82, 2.24) is 4.90 Å². The van der Waals surface area contributed by atoms with Gasteiger partial charge in [0.2, 0.25) is 0 Å². The molecule has 1 saturated heterocycles. The molecule has 0 unspecified atom stereocenters. The molecule has 3 heteroatoms. The molecule has 0 aromatic heterocycles. The number of ether oxygens (including phenoxy) is 1. The standard InChI is InChI=1S/C15H24N2O/c1-18-12-15-8-5-9-17(15)11-14(16)10-13-6-3-2-4-7-13/h2-4,6-7,14-15H,5,8-12,16H2,1H3/t14-,15+/m1/s1. The molecular formula is C15H24N2O. The van der Waals surface area contributed by atoms with Crippen molar-refractivity contribution in [2.24, 2.45) is 5.73 Å². The lowest BCUT2D eigenvalue weighted by Gasteiger charge is -2.26. The molecule has 1 aliphatic rings. The summed E-state index contributed by atoms with van der Waals surface area (Å²) in [6.07, 6.45) is 3.47. The van der Waals surface area contributed by atoms with Crippen LogP contribution in [0.5, 0.6) is 0 Å². The van der Waals surface area contributed by atoms with Crippen LogP contribution in [0.25, 0.3) is 0 Å². The van der Waals surface area contributed by atoms with Gasteiger partial charge in [0.25, 0.3) is 0 Å². The number of likely N-dealkylation sites (tertiary alicyclic amines) is 1. The van der Waals surface area contributed by atoms with Crippen LogP contribution in [0, 0.1) is 0 Å². The zero-order chi connectivity index (χ0) is 12.8. The summed E-state index contributed by atoms with van der Waals surface area (Å²) < 4.78 is 5.27. The van der Waals surface area contributed by atoms with E-state index >= 15 is 0 Å². The van der Waals surface area contributed by atoms with Crippen LogP contribution in [0.1, 0.15) is 18.4 Å². The van der Waals surface area contributed by atoms with Crippen LogP contribution in [-0.2, 0) is 11.2 Å². The van der Waals surface area contributed by atoms with Gasteiger partial charge in [-0.15, -0.1) is 0 Å². The van der Waals surface area contributed by atoms with Gasteiger partial charge >= 0.3 is 0 Å². The molecule has 2 rings (SSSR count). The highest BCUT2D eigenvalue weighted by molar-refractivity contribution is 5.15. The van der Waals surface area contributed by atoms with Gasteiger partial charge in [-0.05, 0) is 31.4 Å². The molecule has 0 aliphatic carbocycles. The maximum absolute atomic E-state index is 6.26. The minimum absolute atomic E-state index is 0.213. The lowest BCUT2D eigenvalue weighted by molar-refractivity contribution is 0.112. The Balaban J connectivity index is 1.81. The van der Waals surface area contributed by atoms with Crippen LogP contribution < -0.4 is 5.73 Å². The van der Waals surface area contributed by atoms with E-state index in [-0.39, 0.29) is 6.04 Å². The van der Waals surface area contributed by atoms with Crippen molar-refractivity contribution in [1.29, 1.82) is 0 Å². The monoisotopic (exact) mass is 248 g/mol. The fourth-order valence-electron chi connectivity index (χ4n) is 2.80. The van der Waals surface area contributed by atoms with E-state index in [1.54, 1.807) is 7.11 Å². The summed E-state index contributed by atoms with van der Waals surface area (Å²) in [7, 11) is 1.78. The van der Waals surface area contributed by atoms with Crippen molar-refractivity contribution in [2.75, 3.05) is 26.8 Å². The van der Waals surface area contributed by atoms with Gasteiger partial charge in [-0.3, -0.25) is 4.90 Å². The molecule has 100 valence electrons. The third-order valence-electron chi connectivity index (χ3n) is 3.67. The largest absolute Gasteiger partial charge is 0.383 e. The molecular weight excluding hydrogens is 224 g/mol. The second-order valence-corrected chi connectivity index (χ2v) is 5.20. The van der Waals surface area contributed by atoms with Crippen molar-refractivity contribution in [2.45, 2.75) is 31.3 Å². The molecule has 1 aromatic rings. The topological polar surface area (TPSA) is 38.5 Å². The van der Waals surface area contributed by atoms with E-state index in [0.29, 0.717) is 6.04 Å². The molecule has 2 atom stereocenters. The van der Waals surface area contributed by atoms with Crippen molar-refractivity contribution in [3.05, 3.63) is 35.9 Å². The molecule has 1 fully saturated rings. The summed E-state index contributed by atoms with van der Waals surface area (Å²) >= 11 is 0. The number of nitrogens with two attached hydrogens (primary N) is 1. The van der Waals surface area contributed by atoms with E-state index in [9.17, 15) is 0 Å².